The number of aliphatic hydroxyl groups excluding tert-OH is 1. The summed E-state index contributed by atoms with van der Waals surface area (Å²) in [6.45, 7) is 4.39. The summed E-state index contributed by atoms with van der Waals surface area (Å²) in [6.07, 6.45) is 1.02. The molecule has 0 aliphatic carbocycles. The molecule has 0 heterocycles. The zero-order chi connectivity index (χ0) is 15.4. The van der Waals surface area contributed by atoms with Crippen molar-refractivity contribution in [2.45, 2.75) is 32.8 Å². The lowest BCUT2D eigenvalue weighted by atomic mass is 9.96. The molecule has 0 fully saturated rings. The maximum Gasteiger partial charge on any atom is 0.0830 e. The summed E-state index contributed by atoms with van der Waals surface area (Å²) < 4.78 is 0. The monoisotopic (exact) mass is 322 g/mol. The molecule has 0 saturated carbocycles. The van der Waals surface area contributed by atoms with E-state index < -0.39 is 6.10 Å². The summed E-state index contributed by atoms with van der Waals surface area (Å²) in [5.41, 5.74) is 3.18. The van der Waals surface area contributed by atoms with Crippen molar-refractivity contribution in [3.05, 3.63) is 69.2 Å². The normalized spacial score (nSPS) is 12.7. The molecule has 3 heteroatoms. The van der Waals surface area contributed by atoms with Crippen LogP contribution in [0.1, 0.15) is 36.6 Å². The number of aliphatic hydroxyl groups is 1. The molecule has 0 aromatic heterocycles. The van der Waals surface area contributed by atoms with Crippen LogP contribution in [-0.2, 0) is 12.8 Å². The molecule has 112 valence electrons. The highest BCUT2D eigenvalue weighted by molar-refractivity contribution is 6.42. The fourth-order valence-corrected chi connectivity index (χ4v) is 2.73. The molecule has 2 rings (SSSR count). The van der Waals surface area contributed by atoms with Crippen LogP contribution < -0.4 is 0 Å². The molecule has 2 aromatic rings. The van der Waals surface area contributed by atoms with Gasteiger partial charge in [-0.15, -0.1) is 0 Å². The molecule has 1 nitrogen and oxygen atoms in total. The van der Waals surface area contributed by atoms with Crippen LogP contribution in [0.4, 0.5) is 0 Å². The van der Waals surface area contributed by atoms with Gasteiger partial charge in [-0.25, -0.2) is 0 Å². The van der Waals surface area contributed by atoms with Crippen LogP contribution >= 0.6 is 23.2 Å². The molecule has 2 aromatic carbocycles. The second-order valence-electron chi connectivity index (χ2n) is 5.81. The van der Waals surface area contributed by atoms with E-state index in [1.165, 1.54) is 5.56 Å². The van der Waals surface area contributed by atoms with Crippen LogP contribution in [0.5, 0.6) is 0 Å². The number of rotatable bonds is 5. The van der Waals surface area contributed by atoms with Crippen LogP contribution in [0, 0.1) is 5.92 Å². The van der Waals surface area contributed by atoms with Gasteiger partial charge in [0.1, 0.15) is 0 Å². The largest absolute Gasteiger partial charge is 0.388 e. The lowest BCUT2D eigenvalue weighted by molar-refractivity contribution is 0.178. The SMILES string of the molecule is CC(C)Cc1cccc(C(O)Cc2ccc(Cl)c(Cl)c2)c1. The molecule has 1 atom stereocenters. The Kier molecular flexibility index (Phi) is 5.69. The summed E-state index contributed by atoms with van der Waals surface area (Å²) >= 11 is 11.9. The highest BCUT2D eigenvalue weighted by Gasteiger charge is 2.11. The number of hydrogen-bond acceptors (Lipinski definition) is 1. The minimum Gasteiger partial charge on any atom is -0.388 e. The van der Waals surface area contributed by atoms with E-state index >= 15 is 0 Å². The smallest absolute Gasteiger partial charge is 0.0830 e. The first kappa shape index (κ1) is 16.4. The van der Waals surface area contributed by atoms with E-state index in [0.717, 1.165) is 17.5 Å². The van der Waals surface area contributed by atoms with E-state index in [-0.39, 0.29) is 0 Å². The lowest BCUT2D eigenvalue weighted by Crippen LogP contribution is -2.03. The van der Waals surface area contributed by atoms with Crippen LogP contribution in [-0.4, -0.2) is 5.11 Å². The van der Waals surface area contributed by atoms with Gasteiger partial charge in [-0.05, 0) is 41.2 Å². The van der Waals surface area contributed by atoms with Gasteiger partial charge in [0.05, 0.1) is 16.1 Å². The highest BCUT2D eigenvalue weighted by Crippen LogP contribution is 2.26. The molecule has 0 aliphatic heterocycles. The molecule has 21 heavy (non-hydrogen) atoms. The fraction of sp³-hybridized carbons (Fsp3) is 0.333. The molecule has 0 bridgehead atoms. The summed E-state index contributed by atoms with van der Waals surface area (Å²) in [7, 11) is 0. The predicted octanol–water partition coefficient (Wildman–Crippen LogP) is 5.47. The Morgan fingerprint density at radius 1 is 0.905 bits per heavy atom. The summed E-state index contributed by atoms with van der Waals surface area (Å²) in [4.78, 5) is 0. The average Bonchev–Trinajstić information content (AvgIpc) is 2.42. The van der Waals surface area contributed by atoms with Crippen molar-refractivity contribution in [1.29, 1.82) is 0 Å². The van der Waals surface area contributed by atoms with Gasteiger partial charge in [0.25, 0.3) is 0 Å². The number of hydrogen-bond donors (Lipinski definition) is 1. The third-order valence-electron chi connectivity index (χ3n) is 3.39. The van der Waals surface area contributed by atoms with Crippen LogP contribution in [0.25, 0.3) is 0 Å². The topological polar surface area (TPSA) is 20.2 Å². The molecule has 0 spiro atoms. The summed E-state index contributed by atoms with van der Waals surface area (Å²) in [5, 5.41) is 11.5. The minimum atomic E-state index is -0.533. The molecule has 0 radical (unpaired) electrons. The maximum atomic E-state index is 10.4. The summed E-state index contributed by atoms with van der Waals surface area (Å²) in [6, 6.07) is 13.6. The zero-order valence-electron chi connectivity index (χ0n) is 12.3. The van der Waals surface area contributed by atoms with E-state index in [2.05, 4.69) is 26.0 Å². The van der Waals surface area contributed by atoms with Gasteiger partial charge >= 0.3 is 0 Å². The molecule has 0 amide bonds. The molecule has 0 aliphatic rings. The fourth-order valence-electron chi connectivity index (χ4n) is 2.41. The Labute approximate surface area is 136 Å². The van der Waals surface area contributed by atoms with E-state index in [4.69, 9.17) is 23.2 Å². The quantitative estimate of drug-likeness (QED) is 0.774. The molecule has 1 unspecified atom stereocenters. The summed E-state index contributed by atoms with van der Waals surface area (Å²) in [5.74, 6) is 0.604. The number of halogens is 2. The van der Waals surface area contributed by atoms with Crippen molar-refractivity contribution in [3.8, 4) is 0 Å². The van der Waals surface area contributed by atoms with Crippen molar-refractivity contribution >= 4 is 23.2 Å². The Balaban J connectivity index is 2.12. The lowest BCUT2D eigenvalue weighted by Gasteiger charge is -2.14. The van der Waals surface area contributed by atoms with E-state index in [0.29, 0.717) is 22.4 Å². The van der Waals surface area contributed by atoms with Crippen molar-refractivity contribution in [3.63, 3.8) is 0 Å². The second kappa shape index (κ2) is 7.31. The molecule has 1 N–H and O–H groups in total. The first-order chi connectivity index (χ1) is 9.95. The Morgan fingerprint density at radius 3 is 2.29 bits per heavy atom. The Hall–Kier alpha value is -1.02. The van der Waals surface area contributed by atoms with E-state index in [1.54, 1.807) is 6.07 Å². The first-order valence-corrected chi connectivity index (χ1v) is 7.92. The van der Waals surface area contributed by atoms with Crippen LogP contribution in [0.15, 0.2) is 42.5 Å². The van der Waals surface area contributed by atoms with Gasteiger partial charge in [0.2, 0.25) is 0 Å². The van der Waals surface area contributed by atoms with Crippen molar-refractivity contribution in [2.75, 3.05) is 0 Å². The molecule has 0 saturated heterocycles. The highest BCUT2D eigenvalue weighted by atomic mass is 35.5. The molecular weight excluding hydrogens is 303 g/mol. The Bertz CT molecular complexity index is 608. The third kappa shape index (κ3) is 4.74. The van der Waals surface area contributed by atoms with Crippen molar-refractivity contribution < 1.29 is 5.11 Å². The van der Waals surface area contributed by atoms with Crippen LogP contribution in [0.2, 0.25) is 10.0 Å². The number of benzene rings is 2. The van der Waals surface area contributed by atoms with Gasteiger partial charge < -0.3 is 5.11 Å². The second-order valence-corrected chi connectivity index (χ2v) is 6.63. The van der Waals surface area contributed by atoms with Gasteiger partial charge in [-0.2, -0.15) is 0 Å². The maximum absolute atomic E-state index is 10.4. The van der Waals surface area contributed by atoms with Gasteiger partial charge in [0, 0.05) is 6.42 Å². The Morgan fingerprint density at radius 2 is 1.62 bits per heavy atom. The third-order valence-corrected chi connectivity index (χ3v) is 4.13. The minimum absolute atomic E-state index is 0.523. The first-order valence-electron chi connectivity index (χ1n) is 7.16. The van der Waals surface area contributed by atoms with Gasteiger partial charge in [-0.1, -0.05) is 67.4 Å². The standard InChI is InChI=1S/C18H20Cl2O/c1-12(2)8-13-4-3-5-15(9-13)18(21)11-14-6-7-16(19)17(20)10-14/h3-7,9-10,12,18,21H,8,11H2,1-2H3. The van der Waals surface area contributed by atoms with Crippen molar-refractivity contribution in [1.82, 2.24) is 0 Å². The van der Waals surface area contributed by atoms with Crippen molar-refractivity contribution in [2.24, 2.45) is 5.92 Å². The van der Waals surface area contributed by atoms with Gasteiger partial charge in [0.15, 0.2) is 0 Å². The predicted molar refractivity (Wildman–Crippen MR) is 90.1 cm³/mol. The van der Waals surface area contributed by atoms with E-state index in [1.807, 2.05) is 24.3 Å². The van der Waals surface area contributed by atoms with E-state index in [9.17, 15) is 5.11 Å². The zero-order valence-corrected chi connectivity index (χ0v) is 13.8. The average molecular weight is 323 g/mol. The molecular formula is C18H20Cl2O. The van der Waals surface area contributed by atoms with Crippen LogP contribution in [0.3, 0.4) is 0 Å². The van der Waals surface area contributed by atoms with Gasteiger partial charge in [-0.3, -0.25) is 0 Å².